The van der Waals surface area contributed by atoms with Crippen LogP contribution < -0.4 is 11.2 Å². The number of benzene rings is 1. The fourth-order valence-electron chi connectivity index (χ4n) is 1.99. The van der Waals surface area contributed by atoms with Crippen molar-refractivity contribution in [1.29, 1.82) is 0 Å². The van der Waals surface area contributed by atoms with Gasteiger partial charge in [0, 0.05) is 5.56 Å². The summed E-state index contributed by atoms with van der Waals surface area (Å²) in [6.45, 7) is 1.79. The number of hydrogen-bond donors (Lipinski definition) is 1. The summed E-state index contributed by atoms with van der Waals surface area (Å²) in [5, 5.41) is 0.0617. The Balaban J connectivity index is 2.53. The maximum absolute atomic E-state index is 13.6. The van der Waals surface area contributed by atoms with Gasteiger partial charge in [0.05, 0.1) is 12.1 Å². The summed E-state index contributed by atoms with van der Waals surface area (Å²) in [5.41, 5.74) is -0.470. The van der Waals surface area contributed by atoms with E-state index in [1.165, 1.54) is 12.1 Å². The zero-order valence-corrected chi connectivity index (χ0v) is 11.7. The lowest BCUT2D eigenvalue weighted by molar-refractivity contribution is 0.586. The average Bonchev–Trinajstić information content (AvgIpc) is 2.41. The van der Waals surface area contributed by atoms with Crippen LogP contribution in [0.3, 0.4) is 0 Å². The van der Waals surface area contributed by atoms with Crippen LogP contribution in [-0.2, 0) is 13.0 Å². The highest BCUT2D eigenvalue weighted by atomic mass is 35.5. The Labute approximate surface area is 119 Å². The van der Waals surface area contributed by atoms with Crippen molar-refractivity contribution in [2.45, 2.75) is 26.3 Å². The number of aromatic nitrogens is 2. The molecule has 0 aliphatic rings. The summed E-state index contributed by atoms with van der Waals surface area (Å²) in [5.74, 6) is -0.453. The van der Waals surface area contributed by atoms with Crippen LogP contribution >= 0.6 is 11.6 Å². The average molecular weight is 297 g/mol. The lowest BCUT2D eigenvalue weighted by Gasteiger charge is -2.09. The summed E-state index contributed by atoms with van der Waals surface area (Å²) in [6, 6.07) is 6.03. The molecule has 106 valence electrons. The predicted octanol–water partition coefficient (Wildman–Crippen LogP) is 2.33. The van der Waals surface area contributed by atoms with Crippen LogP contribution in [0.5, 0.6) is 0 Å². The van der Waals surface area contributed by atoms with Crippen LogP contribution in [0.1, 0.15) is 24.5 Å². The van der Waals surface area contributed by atoms with E-state index in [1.807, 2.05) is 6.92 Å². The van der Waals surface area contributed by atoms with Crippen molar-refractivity contribution in [3.05, 3.63) is 67.2 Å². The van der Waals surface area contributed by atoms with Gasteiger partial charge >= 0.3 is 5.69 Å². The Morgan fingerprint density at radius 1 is 1.30 bits per heavy atom. The quantitative estimate of drug-likeness (QED) is 0.881. The molecular formula is C14H14ClFN2O2. The van der Waals surface area contributed by atoms with Gasteiger partial charge in [-0.1, -0.05) is 43.1 Å². The molecule has 1 N–H and O–H groups in total. The van der Waals surface area contributed by atoms with Crippen LogP contribution in [0.2, 0.25) is 5.15 Å². The molecule has 0 amide bonds. The summed E-state index contributed by atoms with van der Waals surface area (Å²) >= 11 is 5.88. The second-order valence-electron chi connectivity index (χ2n) is 4.46. The minimum atomic E-state index is -0.636. The predicted molar refractivity (Wildman–Crippen MR) is 75.8 cm³/mol. The van der Waals surface area contributed by atoms with Crippen molar-refractivity contribution >= 4 is 11.6 Å². The molecule has 0 aliphatic heterocycles. The normalized spacial score (nSPS) is 10.8. The van der Waals surface area contributed by atoms with Gasteiger partial charge in [-0.3, -0.25) is 14.3 Å². The third kappa shape index (κ3) is 2.82. The largest absolute Gasteiger partial charge is 0.329 e. The standard InChI is InChI=1S/C14H14ClFN2O2/c1-2-5-10-12(15)17-14(20)18(13(10)19)8-9-6-3-4-7-11(9)16/h3-4,6-7H,2,5,8H2,1H3,(H,17,20). The van der Waals surface area contributed by atoms with Gasteiger partial charge in [-0.25, -0.2) is 9.18 Å². The van der Waals surface area contributed by atoms with Crippen LogP contribution in [-0.4, -0.2) is 9.55 Å². The highest BCUT2D eigenvalue weighted by Gasteiger charge is 2.13. The van der Waals surface area contributed by atoms with Crippen LogP contribution in [0.25, 0.3) is 0 Å². The van der Waals surface area contributed by atoms with E-state index in [9.17, 15) is 14.0 Å². The first-order chi connectivity index (χ1) is 9.54. The molecule has 20 heavy (non-hydrogen) atoms. The molecule has 4 nitrogen and oxygen atoms in total. The van der Waals surface area contributed by atoms with Crippen LogP contribution in [0.4, 0.5) is 4.39 Å². The topological polar surface area (TPSA) is 54.9 Å². The molecule has 0 unspecified atom stereocenters. The van der Waals surface area contributed by atoms with E-state index in [1.54, 1.807) is 12.1 Å². The van der Waals surface area contributed by atoms with E-state index >= 15 is 0 Å². The summed E-state index contributed by atoms with van der Waals surface area (Å²) in [6.07, 6.45) is 1.19. The maximum atomic E-state index is 13.6. The highest BCUT2D eigenvalue weighted by molar-refractivity contribution is 6.30. The molecule has 0 saturated carbocycles. The Morgan fingerprint density at radius 2 is 2.00 bits per heavy atom. The van der Waals surface area contributed by atoms with Crippen molar-refractivity contribution in [1.82, 2.24) is 9.55 Å². The molecule has 0 bridgehead atoms. The smallest absolute Gasteiger partial charge is 0.297 e. The number of rotatable bonds is 4. The molecule has 0 atom stereocenters. The zero-order valence-electron chi connectivity index (χ0n) is 11.0. The Morgan fingerprint density at radius 3 is 2.65 bits per heavy atom. The summed E-state index contributed by atoms with van der Waals surface area (Å²) in [7, 11) is 0. The molecule has 1 aromatic heterocycles. The first-order valence-corrected chi connectivity index (χ1v) is 6.67. The van der Waals surface area contributed by atoms with Gasteiger partial charge < -0.3 is 0 Å². The molecule has 0 saturated heterocycles. The van der Waals surface area contributed by atoms with E-state index in [0.29, 0.717) is 12.0 Å². The number of aromatic amines is 1. The van der Waals surface area contributed by atoms with Crippen molar-refractivity contribution in [2.24, 2.45) is 0 Å². The second kappa shape index (κ2) is 6.05. The molecule has 0 aliphatic carbocycles. The van der Waals surface area contributed by atoms with Crippen molar-refractivity contribution < 1.29 is 4.39 Å². The maximum Gasteiger partial charge on any atom is 0.329 e. The number of hydrogen-bond acceptors (Lipinski definition) is 2. The molecule has 0 spiro atoms. The molecule has 0 fully saturated rings. The molecular weight excluding hydrogens is 283 g/mol. The number of halogens is 2. The van der Waals surface area contributed by atoms with Gasteiger partial charge in [-0.05, 0) is 12.5 Å². The van der Waals surface area contributed by atoms with Crippen molar-refractivity contribution in [3.63, 3.8) is 0 Å². The summed E-state index contributed by atoms with van der Waals surface area (Å²) < 4.78 is 14.6. The SMILES string of the molecule is CCCc1c(Cl)[nH]c(=O)n(Cc2ccccc2F)c1=O. The monoisotopic (exact) mass is 296 g/mol. The van der Waals surface area contributed by atoms with E-state index in [-0.39, 0.29) is 17.3 Å². The highest BCUT2D eigenvalue weighted by Crippen LogP contribution is 2.10. The van der Waals surface area contributed by atoms with E-state index in [0.717, 1.165) is 11.0 Å². The second-order valence-corrected chi connectivity index (χ2v) is 4.83. The van der Waals surface area contributed by atoms with Gasteiger partial charge in [0.2, 0.25) is 0 Å². The molecule has 2 rings (SSSR count). The lowest BCUT2D eigenvalue weighted by atomic mass is 10.2. The lowest BCUT2D eigenvalue weighted by Crippen LogP contribution is -2.37. The van der Waals surface area contributed by atoms with E-state index in [4.69, 9.17) is 11.6 Å². The van der Waals surface area contributed by atoms with Gasteiger partial charge in [0.25, 0.3) is 5.56 Å². The van der Waals surface area contributed by atoms with Gasteiger partial charge in [0.1, 0.15) is 11.0 Å². The van der Waals surface area contributed by atoms with Gasteiger partial charge in [0.15, 0.2) is 0 Å². The summed E-state index contributed by atoms with van der Waals surface area (Å²) in [4.78, 5) is 26.5. The Kier molecular flexibility index (Phi) is 4.39. The van der Waals surface area contributed by atoms with E-state index < -0.39 is 17.1 Å². The van der Waals surface area contributed by atoms with E-state index in [2.05, 4.69) is 4.98 Å². The van der Waals surface area contributed by atoms with Crippen LogP contribution in [0, 0.1) is 5.82 Å². The molecule has 1 aromatic carbocycles. The Hall–Kier alpha value is -1.88. The van der Waals surface area contributed by atoms with Gasteiger partial charge in [-0.2, -0.15) is 0 Å². The minimum absolute atomic E-state index is 0.0617. The number of H-pyrrole nitrogens is 1. The van der Waals surface area contributed by atoms with Crippen molar-refractivity contribution in [3.8, 4) is 0 Å². The fourth-order valence-corrected chi connectivity index (χ4v) is 2.25. The molecule has 1 heterocycles. The zero-order chi connectivity index (χ0) is 14.7. The molecule has 0 radical (unpaired) electrons. The Bertz CT molecular complexity index is 737. The van der Waals surface area contributed by atoms with Crippen LogP contribution in [0.15, 0.2) is 33.9 Å². The van der Waals surface area contributed by atoms with Crippen molar-refractivity contribution in [2.75, 3.05) is 0 Å². The molecule has 6 heteroatoms. The van der Waals surface area contributed by atoms with Gasteiger partial charge in [-0.15, -0.1) is 0 Å². The molecule has 2 aromatic rings. The third-order valence-electron chi connectivity index (χ3n) is 3.02. The minimum Gasteiger partial charge on any atom is -0.297 e. The fraction of sp³-hybridized carbons (Fsp3) is 0.286. The third-order valence-corrected chi connectivity index (χ3v) is 3.34. The number of nitrogens with one attached hydrogen (secondary N) is 1. The number of nitrogens with zero attached hydrogens (tertiary/aromatic N) is 1. The first-order valence-electron chi connectivity index (χ1n) is 6.29. The first kappa shape index (κ1) is 14.5.